The first-order valence-corrected chi connectivity index (χ1v) is 12.7. The van der Waals surface area contributed by atoms with Crippen LogP contribution in [-0.4, -0.2) is 72.8 Å². The van der Waals surface area contributed by atoms with Gasteiger partial charge in [0, 0.05) is 37.9 Å². The first kappa shape index (κ1) is 25.4. The standard InChI is InChI=1S/C23H24ClF2N7O3S/c24-15-10-28-23(31-21(15)29-17-3-8-37-19(17)20(27)34)30-16-2-1-13(9-18(16)36-22(25)26)33-5-4-32-6-7-35-12-14(32)11-33/h1-3,8-10,14,22H,4-7,11-12H2,(H2,27,34)(H2,28,29,30,31)/t14-/m0/s1. The van der Waals surface area contributed by atoms with E-state index in [0.29, 0.717) is 17.2 Å². The lowest BCUT2D eigenvalue weighted by atomic mass is 10.1. The Morgan fingerprint density at radius 2 is 2.11 bits per heavy atom. The summed E-state index contributed by atoms with van der Waals surface area (Å²) < 4.78 is 37.0. The molecule has 37 heavy (non-hydrogen) atoms. The van der Waals surface area contributed by atoms with Crippen molar-refractivity contribution in [2.24, 2.45) is 5.73 Å². The van der Waals surface area contributed by atoms with Gasteiger partial charge in [0.15, 0.2) is 11.6 Å². The quantitative estimate of drug-likeness (QED) is 0.383. The highest BCUT2D eigenvalue weighted by Crippen LogP contribution is 2.35. The van der Waals surface area contributed by atoms with Crippen LogP contribution in [-0.2, 0) is 4.74 Å². The minimum Gasteiger partial charge on any atom is -0.433 e. The van der Waals surface area contributed by atoms with Crippen molar-refractivity contribution in [2.75, 3.05) is 54.9 Å². The Kier molecular flexibility index (Phi) is 7.55. The lowest BCUT2D eigenvalue weighted by Crippen LogP contribution is -2.58. The van der Waals surface area contributed by atoms with Crippen LogP contribution in [0.3, 0.4) is 0 Å². The molecule has 4 N–H and O–H groups in total. The Morgan fingerprint density at radius 3 is 2.92 bits per heavy atom. The molecule has 1 atom stereocenters. The highest BCUT2D eigenvalue weighted by molar-refractivity contribution is 7.12. The van der Waals surface area contributed by atoms with Crippen LogP contribution in [0.25, 0.3) is 0 Å². The van der Waals surface area contributed by atoms with E-state index in [1.165, 1.54) is 17.5 Å². The number of carbonyl (C=O) groups is 1. The van der Waals surface area contributed by atoms with Crippen LogP contribution in [0, 0.1) is 0 Å². The molecule has 196 valence electrons. The second kappa shape index (κ2) is 11.0. The molecule has 5 rings (SSSR count). The van der Waals surface area contributed by atoms with Gasteiger partial charge < -0.3 is 30.7 Å². The molecule has 3 aromatic rings. The fourth-order valence-corrected chi connectivity index (χ4v) is 5.19. The molecule has 0 spiro atoms. The van der Waals surface area contributed by atoms with Gasteiger partial charge in [0.2, 0.25) is 5.95 Å². The van der Waals surface area contributed by atoms with Crippen molar-refractivity contribution in [2.45, 2.75) is 12.7 Å². The molecule has 0 aliphatic carbocycles. The number of anilines is 5. The van der Waals surface area contributed by atoms with Crippen molar-refractivity contribution in [3.8, 4) is 5.75 Å². The lowest BCUT2D eigenvalue weighted by molar-refractivity contribution is -0.0493. The Bertz CT molecular complexity index is 1280. The zero-order chi connectivity index (χ0) is 25.9. The van der Waals surface area contributed by atoms with Gasteiger partial charge in [0.05, 0.1) is 36.8 Å². The number of fused-ring (bicyclic) bond motifs is 1. The van der Waals surface area contributed by atoms with Crippen molar-refractivity contribution >= 4 is 57.7 Å². The molecule has 0 unspecified atom stereocenters. The molecule has 1 aromatic carbocycles. The van der Waals surface area contributed by atoms with E-state index in [9.17, 15) is 13.6 Å². The maximum Gasteiger partial charge on any atom is 0.387 e. The number of piperazine rings is 1. The number of rotatable bonds is 8. The first-order valence-electron chi connectivity index (χ1n) is 11.5. The summed E-state index contributed by atoms with van der Waals surface area (Å²) in [6.07, 6.45) is 1.35. The summed E-state index contributed by atoms with van der Waals surface area (Å²) in [5.74, 6) is -0.341. The summed E-state index contributed by atoms with van der Waals surface area (Å²) in [4.78, 5) is 24.9. The predicted molar refractivity (Wildman–Crippen MR) is 138 cm³/mol. The van der Waals surface area contributed by atoms with E-state index in [1.54, 1.807) is 23.6 Å². The minimum absolute atomic E-state index is 0.0447. The minimum atomic E-state index is -3.02. The Morgan fingerprint density at radius 1 is 1.24 bits per heavy atom. The molecule has 10 nitrogen and oxygen atoms in total. The molecule has 14 heteroatoms. The van der Waals surface area contributed by atoms with E-state index in [4.69, 9.17) is 26.8 Å². The van der Waals surface area contributed by atoms with Gasteiger partial charge in [-0.2, -0.15) is 13.8 Å². The van der Waals surface area contributed by atoms with Crippen LogP contribution in [0.5, 0.6) is 5.75 Å². The smallest absolute Gasteiger partial charge is 0.387 e. The molecule has 0 radical (unpaired) electrons. The first-order chi connectivity index (χ1) is 17.9. The van der Waals surface area contributed by atoms with E-state index in [-0.39, 0.29) is 34.3 Å². The van der Waals surface area contributed by atoms with Crippen LogP contribution in [0.4, 0.5) is 37.6 Å². The van der Waals surface area contributed by atoms with E-state index in [1.807, 2.05) is 6.07 Å². The summed E-state index contributed by atoms with van der Waals surface area (Å²) in [6, 6.07) is 6.98. The van der Waals surface area contributed by atoms with E-state index < -0.39 is 12.5 Å². The van der Waals surface area contributed by atoms with Crippen LogP contribution < -0.4 is 26.0 Å². The number of primary amides is 1. The fraction of sp³-hybridized carbons (Fsp3) is 0.348. The van der Waals surface area contributed by atoms with Gasteiger partial charge in [-0.25, -0.2) is 4.98 Å². The number of morpholine rings is 1. The van der Waals surface area contributed by atoms with Crippen LogP contribution in [0.1, 0.15) is 9.67 Å². The van der Waals surface area contributed by atoms with Gasteiger partial charge in [-0.15, -0.1) is 11.3 Å². The second-order valence-corrected chi connectivity index (χ2v) is 9.76. The number of benzene rings is 1. The molecule has 0 bridgehead atoms. The van der Waals surface area contributed by atoms with E-state index >= 15 is 0 Å². The number of amides is 1. The zero-order valence-electron chi connectivity index (χ0n) is 19.5. The van der Waals surface area contributed by atoms with Crippen molar-refractivity contribution in [1.29, 1.82) is 0 Å². The third-order valence-corrected chi connectivity index (χ3v) is 7.32. The maximum absolute atomic E-state index is 13.3. The molecule has 2 aliphatic rings. The number of hydrogen-bond donors (Lipinski definition) is 3. The van der Waals surface area contributed by atoms with Crippen molar-refractivity contribution in [3.05, 3.63) is 45.7 Å². The molecule has 1 amide bonds. The average Bonchev–Trinajstić information content (AvgIpc) is 3.35. The van der Waals surface area contributed by atoms with Gasteiger partial charge >= 0.3 is 6.61 Å². The van der Waals surface area contributed by atoms with E-state index in [2.05, 4.69) is 30.4 Å². The number of hydrogen-bond acceptors (Lipinski definition) is 10. The van der Waals surface area contributed by atoms with Crippen molar-refractivity contribution < 1.29 is 23.0 Å². The highest BCUT2D eigenvalue weighted by Gasteiger charge is 2.30. The molecular weight excluding hydrogens is 528 g/mol. The highest BCUT2D eigenvalue weighted by atomic mass is 35.5. The largest absolute Gasteiger partial charge is 0.433 e. The number of alkyl halides is 2. The SMILES string of the molecule is NC(=O)c1sccc1Nc1nc(Nc2ccc(N3CCN4CCOC[C@@H]4C3)cc2OC(F)F)ncc1Cl. The van der Waals surface area contributed by atoms with Gasteiger partial charge in [0.1, 0.15) is 9.90 Å². The maximum atomic E-state index is 13.3. The number of halogens is 3. The van der Waals surface area contributed by atoms with Crippen LogP contribution >= 0.6 is 22.9 Å². The number of nitrogens with two attached hydrogens (primary N) is 1. The lowest BCUT2D eigenvalue weighted by Gasteiger charge is -2.44. The van der Waals surface area contributed by atoms with Gasteiger partial charge in [-0.1, -0.05) is 11.6 Å². The van der Waals surface area contributed by atoms with Crippen LogP contribution in [0.2, 0.25) is 5.02 Å². The molecule has 2 aliphatic heterocycles. The Labute approximate surface area is 220 Å². The van der Waals surface area contributed by atoms with Gasteiger partial charge in [-0.05, 0) is 23.6 Å². The third kappa shape index (κ3) is 5.85. The molecule has 0 saturated carbocycles. The Hall–Kier alpha value is -3.26. The molecule has 4 heterocycles. The number of aromatic nitrogens is 2. The monoisotopic (exact) mass is 551 g/mol. The molecule has 2 fully saturated rings. The summed E-state index contributed by atoms with van der Waals surface area (Å²) >= 11 is 7.41. The summed E-state index contributed by atoms with van der Waals surface area (Å²) in [5, 5.41) is 7.78. The van der Waals surface area contributed by atoms with Crippen molar-refractivity contribution in [3.63, 3.8) is 0 Å². The summed E-state index contributed by atoms with van der Waals surface area (Å²) in [6.45, 7) is 1.62. The number of carbonyl (C=O) groups excluding carboxylic acids is 1. The van der Waals surface area contributed by atoms with E-state index in [0.717, 1.165) is 38.5 Å². The Balaban J connectivity index is 1.37. The second-order valence-electron chi connectivity index (χ2n) is 8.44. The predicted octanol–water partition coefficient (Wildman–Crippen LogP) is 3.90. The summed E-state index contributed by atoms with van der Waals surface area (Å²) in [7, 11) is 0. The normalized spacial score (nSPS) is 17.9. The topological polar surface area (TPSA) is 118 Å². The number of nitrogens with one attached hydrogen (secondary N) is 2. The number of thiophene rings is 1. The molecular formula is C23H24ClF2N7O3S. The van der Waals surface area contributed by atoms with Crippen LogP contribution in [0.15, 0.2) is 35.8 Å². The van der Waals surface area contributed by atoms with Gasteiger partial charge in [0.25, 0.3) is 5.91 Å². The number of ether oxygens (including phenoxy) is 2. The molecule has 2 saturated heterocycles. The third-order valence-electron chi connectivity index (χ3n) is 6.12. The fourth-order valence-electron chi connectivity index (χ4n) is 4.35. The molecule has 2 aromatic heterocycles. The summed E-state index contributed by atoms with van der Waals surface area (Å²) in [5.41, 5.74) is 6.87. The average molecular weight is 552 g/mol. The van der Waals surface area contributed by atoms with Gasteiger partial charge in [-0.3, -0.25) is 9.69 Å². The van der Waals surface area contributed by atoms with Crippen molar-refractivity contribution in [1.82, 2.24) is 14.9 Å². The zero-order valence-corrected chi connectivity index (χ0v) is 21.1. The number of nitrogens with zero attached hydrogens (tertiary/aromatic N) is 4.